The monoisotopic (exact) mass is 541 g/mol. The van der Waals surface area contributed by atoms with E-state index in [-0.39, 0.29) is 28.4 Å². The number of carbonyl (C=O) groups excluding carboxylic acids is 2. The second-order valence-corrected chi connectivity index (χ2v) is 9.58. The summed E-state index contributed by atoms with van der Waals surface area (Å²) in [6.07, 6.45) is 0. The van der Waals surface area contributed by atoms with Crippen LogP contribution in [0.3, 0.4) is 0 Å². The number of nitrogen functional groups attached to an aromatic ring is 1. The molecule has 2 amide bonds. The van der Waals surface area contributed by atoms with Crippen LogP contribution in [0.1, 0.15) is 49.4 Å². The first-order valence-corrected chi connectivity index (χ1v) is 12.8. The first-order chi connectivity index (χ1) is 18.8. The standard InChI is InChI=1S/C28H23N5O5S/c1-2-31-27(35)21-8-7-17(23(33-21)28(36)37)18-12-22-20(24-15(13-38-22)9-10-39-24)11-19(18)26(34)32-16-5-3-14(4-6-16)25(29)30/h3-12H,2,13H2,1H3,(H3,29,30)(H,31,35)(H,32,34)(H,36,37). The van der Waals surface area contributed by atoms with Crippen molar-refractivity contribution < 1.29 is 24.2 Å². The van der Waals surface area contributed by atoms with Gasteiger partial charge in [0.25, 0.3) is 11.8 Å². The molecule has 196 valence electrons. The van der Waals surface area contributed by atoms with E-state index in [2.05, 4.69) is 15.6 Å². The van der Waals surface area contributed by atoms with Crippen LogP contribution in [0.15, 0.2) is 60.0 Å². The minimum atomic E-state index is -1.35. The number of nitrogens with zero attached hydrogens (tertiary/aromatic N) is 1. The minimum absolute atomic E-state index is 0.0491. The van der Waals surface area contributed by atoms with Crippen LogP contribution in [0.2, 0.25) is 0 Å². The highest BCUT2D eigenvalue weighted by Gasteiger charge is 2.27. The zero-order valence-electron chi connectivity index (χ0n) is 20.7. The number of anilines is 1. The van der Waals surface area contributed by atoms with E-state index in [9.17, 15) is 19.5 Å². The summed E-state index contributed by atoms with van der Waals surface area (Å²) in [6, 6.07) is 14.7. The smallest absolute Gasteiger partial charge is 0.355 e. The fraction of sp³-hybridized carbons (Fsp3) is 0.107. The van der Waals surface area contributed by atoms with Crippen LogP contribution >= 0.6 is 11.3 Å². The molecule has 0 atom stereocenters. The van der Waals surface area contributed by atoms with Crippen molar-refractivity contribution in [2.24, 2.45) is 5.73 Å². The van der Waals surface area contributed by atoms with Gasteiger partial charge in [0.1, 0.15) is 23.9 Å². The van der Waals surface area contributed by atoms with Crippen LogP contribution in [0.4, 0.5) is 5.69 Å². The molecule has 3 heterocycles. The van der Waals surface area contributed by atoms with Crippen LogP contribution in [0.25, 0.3) is 21.6 Å². The van der Waals surface area contributed by atoms with Crippen LogP contribution < -0.4 is 21.1 Å². The molecule has 1 aliphatic rings. The number of pyridine rings is 1. The molecule has 0 spiro atoms. The molecule has 2 aromatic heterocycles. The summed E-state index contributed by atoms with van der Waals surface area (Å²) in [6.45, 7) is 2.45. The molecule has 0 radical (unpaired) electrons. The van der Waals surface area contributed by atoms with E-state index in [4.69, 9.17) is 15.9 Å². The normalized spacial score (nSPS) is 11.5. The number of aromatic carboxylic acids is 1. The maximum Gasteiger partial charge on any atom is 0.355 e. The van der Waals surface area contributed by atoms with Gasteiger partial charge in [0, 0.05) is 50.5 Å². The Morgan fingerprint density at radius 3 is 2.51 bits per heavy atom. The molecule has 0 fully saturated rings. The fourth-order valence-corrected chi connectivity index (χ4v) is 5.21. The average Bonchev–Trinajstić information content (AvgIpc) is 3.42. The van der Waals surface area contributed by atoms with Gasteiger partial charge in [0.15, 0.2) is 5.69 Å². The Labute approximate surface area is 227 Å². The number of hydrogen-bond donors (Lipinski definition) is 5. The van der Waals surface area contributed by atoms with E-state index in [0.717, 1.165) is 16.0 Å². The second-order valence-electron chi connectivity index (χ2n) is 8.66. The summed E-state index contributed by atoms with van der Waals surface area (Å²) in [5.74, 6) is -1.93. The van der Waals surface area contributed by atoms with E-state index in [1.54, 1.807) is 43.3 Å². The predicted octanol–water partition coefficient (Wildman–Crippen LogP) is 4.35. The Balaban J connectivity index is 1.65. The number of carboxylic acids is 1. The summed E-state index contributed by atoms with van der Waals surface area (Å²) in [5, 5.41) is 24.9. The average molecular weight is 542 g/mol. The highest BCUT2D eigenvalue weighted by Crippen LogP contribution is 2.44. The van der Waals surface area contributed by atoms with Gasteiger partial charge in [-0.25, -0.2) is 9.78 Å². The fourth-order valence-electron chi connectivity index (χ4n) is 4.28. The van der Waals surface area contributed by atoms with Crippen molar-refractivity contribution in [3.63, 3.8) is 0 Å². The minimum Gasteiger partial charge on any atom is -0.488 e. The molecule has 0 saturated carbocycles. The molecule has 0 unspecified atom stereocenters. The Hall–Kier alpha value is -5.03. The van der Waals surface area contributed by atoms with Crippen LogP contribution in [-0.4, -0.2) is 40.3 Å². The van der Waals surface area contributed by atoms with Gasteiger partial charge in [0.2, 0.25) is 0 Å². The molecule has 0 aliphatic carbocycles. The lowest BCUT2D eigenvalue weighted by molar-refractivity contribution is 0.0691. The quantitative estimate of drug-likeness (QED) is 0.171. The summed E-state index contributed by atoms with van der Waals surface area (Å²) in [5.41, 5.74) is 8.44. The molecule has 1 aliphatic heterocycles. The molecule has 5 rings (SSSR count). The predicted molar refractivity (Wildman–Crippen MR) is 148 cm³/mol. The number of ether oxygens (including phenoxy) is 1. The number of carbonyl (C=O) groups is 3. The van der Waals surface area contributed by atoms with E-state index in [0.29, 0.717) is 35.7 Å². The maximum atomic E-state index is 13.7. The van der Waals surface area contributed by atoms with Crippen molar-refractivity contribution in [3.05, 3.63) is 88.1 Å². The molecule has 4 aromatic rings. The molecular weight excluding hydrogens is 518 g/mol. The summed E-state index contributed by atoms with van der Waals surface area (Å²) >= 11 is 1.52. The van der Waals surface area contributed by atoms with Gasteiger partial charge in [-0.15, -0.1) is 11.3 Å². The molecule has 11 heteroatoms. The molecule has 2 aromatic carbocycles. The zero-order valence-corrected chi connectivity index (χ0v) is 21.5. The number of amides is 2. The van der Waals surface area contributed by atoms with Gasteiger partial charge in [-0.3, -0.25) is 15.0 Å². The number of amidine groups is 1. The highest BCUT2D eigenvalue weighted by atomic mass is 32.1. The van der Waals surface area contributed by atoms with Crippen molar-refractivity contribution in [3.8, 4) is 27.3 Å². The summed E-state index contributed by atoms with van der Waals surface area (Å²) < 4.78 is 5.96. The Kier molecular flexibility index (Phi) is 6.82. The largest absolute Gasteiger partial charge is 0.488 e. The van der Waals surface area contributed by atoms with Gasteiger partial charge in [-0.2, -0.15) is 0 Å². The zero-order chi connectivity index (χ0) is 27.7. The number of carboxylic acid groups (broad SMARTS) is 1. The first kappa shape index (κ1) is 25.6. The van der Waals surface area contributed by atoms with Gasteiger partial charge in [-0.1, -0.05) is 0 Å². The highest BCUT2D eigenvalue weighted by molar-refractivity contribution is 7.13. The molecule has 6 N–H and O–H groups in total. The van der Waals surface area contributed by atoms with E-state index >= 15 is 0 Å². The number of hydrogen-bond acceptors (Lipinski definition) is 7. The van der Waals surface area contributed by atoms with Crippen molar-refractivity contribution in [1.29, 1.82) is 5.41 Å². The number of thiophene rings is 1. The number of nitrogens with one attached hydrogen (secondary N) is 3. The van der Waals surface area contributed by atoms with E-state index < -0.39 is 17.8 Å². The van der Waals surface area contributed by atoms with Crippen LogP contribution in [0.5, 0.6) is 5.75 Å². The first-order valence-electron chi connectivity index (χ1n) is 11.9. The van der Waals surface area contributed by atoms with Crippen molar-refractivity contribution >= 4 is 40.6 Å². The number of aromatic nitrogens is 1. The lowest BCUT2D eigenvalue weighted by Crippen LogP contribution is -2.24. The lowest BCUT2D eigenvalue weighted by Gasteiger charge is -2.21. The Bertz CT molecular complexity index is 1640. The molecule has 0 saturated heterocycles. The van der Waals surface area contributed by atoms with E-state index in [1.807, 2.05) is 11.4 Å². The molecular formula is C28H23N5O5S. The third kappa shape index (κ3) is 4.94. The number of rotatable bonds is 7. The molecule has 0 bridgehead atoms. The van der Waals surface area contributed by atoms with E-state index in [1.165, 1.54) is 23.5 Å². The molecule has 10 nitrogen and oxygen atoms in total. The van der Waals surface area contributed by atoms with Crippen molar-refractivity contribution in [2.75, 3.05) is 11.9 Å². The van der Waals surface area contributed by atoms with Gasteiger partial charge in [-0.05, 0) is 66.9 Å². The SMILES string of the molecule is CCNC(=O)c1ccc(-c2cc3c(cc2C(=O)Nc2ccc(C(=N)N)cc2)-c2sccc2CO3)c(C(=O)O)n1. The number of nitrogens with two attached hydrogens (primary N) is 1. The Morgan fingerprint density at radius 2 is 1.82 bits per heavy atom. The molecule has 39 heavy (non-hydrogen) atoms. The maximum absolute atomic E-state index is 13.7. The summed E-state index contributed by atoms with van der Waals surface area (Å²) in [4.78, 5) is 43.3. The number of fused-ring (bicyclic) bond motifs is 3. The topological polar surface area (TPSA) is 167 Å². The third-order valence-electron chi connectivity index (χ3n) is 6.15. The third-order valence-corrected chi connectivity index (χ3v) is 7.14. The lowest BCUT2D eigenvalue weighted by atomic mass is 9.92. The van der Waals surface area contributed by atoms with Gasteiger partial charge in [0.05, 0.1) is 0 Å². The van der Waals surface area contributed by atoms with Crippen molar-refractivity contribution in [2.45, 2.75) is 13.5 Å². The van der Waals surface area contributed by atoms with Crippen molar-refractivity contribution in [1.82, 2.24) is 10.3 Å². The number of benzene rings is 2. The summed E-state index contributed by atoms with van der Waals surface area (Å²) in [7, 11) is 0. The van der Waals surface area contributed by atoms with Gasteiger partial charge < -0.3 is 26.2 Å². The second kappa shape index (κ2) is 10.4. The van der Waals surface area contributed by atoms with Gasteiger partial charge >= 0.3 is 5.97 Å². The van der Waals surface area contributed by atoms with Crippen LogP contribution in [0, 0.1) is 5.41 Å². The van der Waals surface area contributed by atoms with Crippen LogP contribution in [-0.2, 0) is 6.61 Å². The Morgan fingerprint density at radius 1 is 1.05 bits per heavy atom.